The Bertz CT molecular complexity index is 2700. The van der Waals surface area contributed by atoms with Crippen LogP contribution in [0.5, 0.6) is 0 Å². The van der Waals surface area contributed by atoms with Gasteiger partial charge in [0, 0.05) is 28.3 Å². The molecule has 5 nitrogen and oxygen atoms in total. The van der Waals surface area contributed by atoms with E-state index < -0.39 is 8.07 Å². The van der Waals surface area contributed by atoms with Crippen LogP contribution in [0.2, 0.25) is 19.6 Å². The van der Waals surface area contributed by atoms with Crippen LogP contribution in [0.4, 0.5) is 0 Å². The third-order valence-electron chi connectivity index (χ3n) is 10.8. The highest BCUT2D eigenvalue weighted by atomic mass is 28.3. The van der Waals surface area contributed by atoms with Gasteiger partial charge in [0.25, 0.3) is 0 Å². The van der Waals surface area contributed by atoms with Crippen LogP contribution < -0.4 is 5.19 Å². The van der Waals surface area contributed by atoms with Crippen molar-refractivity contribution in [3.8, 4) is 79.1 Å². The maximum absolute atomic E-state index is 5.22. The Balaban J connectivity index is 1.18. The van der Waals surface area contributed by atoms with Crippen molar-refractivity contribution in [3.05, 3.63) is 169 Å². The molecule has 6 aromatic carbocycles. The van der Waals surface area contributed by atoms with Crippen LogP contribution in [0.3, 0.4) is 0 Å². The third-order valence-corrected chi connectivity index (χ3v) is 12.8. The van der Waals surface area contributed by atoms with Gasteiger partial charge < -0.3 is 0 Å². The van der Waals surface area contributed by atoms with Crippen molar-refractivity contribution in [2.24, 2.45) is 0 Å². The van der Waals surface area contributed by atoms with Crippen LogP contribution in [0.1, 0.15) is 25.0 Å². The molecule has 1 aliphatic carbocycles. The molecule has 0 amide bonds. The molecule has 0 spiro atoms. The van der Waals surface area contributed by atoms with Gasteiger partial charge in [-0.1, -0.05) is 184 Å². The summed E-state index contributed by atoms with van der Waals surface area (Å²) in [5.41, 5.74) is 12.8. The number of aromatic nitrogens is 5. The molecule has 1 aliphatic rings. The lowest BCUT2D eigenvalue weighted by molar-refractivity contribution is 0.662. The summed E-state index contributed by atoms with van der Waals surface area (Å²) in [5, 5.41) is 1.47. The Labute approximate surface area is 323 Å². The Kier molecular flexibility index (Phi) is 8.43. The van der Waals surface area contributed by atoms with Gasteiger partial charge in [-0.3, -0.25) is 0 Å². The number of nitrogens with zero attached hydrogens (tertiary/aromatic N) is 5. The molecule has 0 atom stereocenters. The van der Waals surface area contributed by atoms with Gasteiger partial charge in [0.2, 0.25) is 0 Å². The summed E-state index contributed by atoms with van der Waals surface area (Å²) in [4.78, 5) is 25.5. The van der Waals surface area contributed by atoms with Crippen LogP contribution >= 0.6 is 0 Å². The van der Waals surface area contributed by atoms with Crippen molar-refractivity contribution in [2.45, 2.75) is 38.9 Å². The van der Waals surface area contributed by atoms with Crippen LogP contribution in [0.15, 0.2) is 158 Å². The average molecular weight is 728 g/mol. The van der Waals surface area contributed by atoms with E-state index in [1.165, 1.54) is 27.4 Å². The second-order valence-electron chi connectivity index (χ2n) is 15.8. The van der Waals surface area contributed by atoms with E-state index in [1.54, 1.807) is 0 Å². The summed E-state index contributed by atoms with van der Waals surface area (Å²) in [6.45, 7) is 11.9. The Hall–Kier alpha value is -6.37. The van der Waals surface area contributed by atoms with Gasteiger partial charge in [0.15, 0.2) is 23.3 Å². The molecule has 266 valence electrons. The molecule has 2 aromatic heterocycles. The monoisotopic (exact) mass is 727 g/mol. The van der Waals surface area contributed by atoms with Gasteiger partial charge in [0.05, 0.1) is 8.07 Å². The maximum Gasteiger partial charge on any atom is 0.182 e. The molecule has 0 fully saturated rings. The molecule has 9 rings (SSSR count). The summed E-state index contributed by atoms with van der Waals surface area (Å²) < 4.78 is 0. The lowest BCUT2D eigenvalue weighted by atomic mass is 9.80. The predicted molar refractivity (Wildman–Crippen MR) is 229 cm³/mol. The van der Waals surface area contributed by atoms with E-state index in [2.05, 4.69) is 161 Å². The molecular formula is C49H41N5Si. The minimum absolute atomic E-state index is 0.225. The number of hydrogen-bond donors (Lipinski definition) is 0. The zero-order valence-corrected chi connectivity index (χ0v) is 32.7. The smallest absolute Gasteiger partial charge is 0.182 e. The second kappa shape index (κ2) is 13.5. The van der Waals surface area contributed by atoms with E-state index in [1.807, 2.05) is 30.5 Å². The molecule has 8 aromatic rings. The quantitative estimate of drug-likeness (QED) is 0.153. The van der Waals surface area contributed by atoms with Gasteiger partial charge in [0.1, 0.15) is 5.69 Å². The highest BCUT2D eigenvalue weighted by Crippen LogP contribution is 2.51. The SMILES string of the molecule is CC1(C)c2cc([Si](C)(C)C)ccc2-c2cccc(-c3nccc(-c4nc(-c5ccc(-c6ccccc6)cc5)nc(-c5ccccc5-c5ccccc5)n4)n3)c21. The number of benzene rings is 6. The fourth-order valence-corrected chi connectivity index (χ4v) is 9.04. The number of rotatable bonds is 7. The molecule has 0 saturated carbocycles. The lowest BCUT2D eigenvalue weighted by Crippen LogP contribution is -2.38. The summed E-state index contributed by atoms with van der Waals surface area (Å²) in [5.74, 6) is 2.31. The third kappa shape index (κ3) is 6.28. The standard InChI is InChI=1S/C49H41N5Si/c1-49(2)42-31-36(55(3,4)5)27-28-38(42)39-21-14-22-41(44(39)49)46-50-30-29-43(51-46)48-53-45(35-25-23-33(24-26-35)32-15-8-6-9-16-32)52-47(54-48)40-20-13-12-19-37(40)34-17-10-7-11-18-34/h6-31H,1-5H3. The summed E-state index contributed by atoms with van der Waals surface area (Å²) >= 11 is 0. The van der Waals surface area contributed by atoms with E-state index in [0.717, 1.165) is 38.9 Å². The molecule has 0 aliphatic heterocycles. The molecule has 0 unspecified atom stereocenters. The van der Waals surface area contributed by atoms with Crippen molar-refractivity contribution in [2.75, 3.05) is 0 Å². The number of hydrogen-bond acceptors (Lipinski definition) is 5. The molecule has 0 N–H and O–H groups in total. The van der Waals surface area contributed by atoms with E-state index in [9.17, 15) is 0 Å². The van der Waals surface area contributed by atoms with Crippen LogP contribution in [-0.2, 0) is 5.41 Å². The Morgan fingerprint density at radius 3 is 1.73 bits per heavy atom. The summed E-state index contributed by atoms with van der Waals surface area (Å²) in [7, 11) is -1.51. The fraction of sp³-hybridized carbons (Fsp3) is 0.122. The molecule has 0 radical (unpaired) electrons. The van der Waals surface area contributed by atoms with E-state index in [-0.39, 0.29) is 5.41 Å². The molecule has 0 saturated heterocycles. The van der Waals surface area contributed by atoms with Gasteiger partial charge in [-0.2, -0.15) is 0 Å². The van der Waals surface area contributed by atoms with E-state index in [4.69, 9.17) is 24.9 Å². The first kappa shape index (κ1) is 34.4. The first-order valence-electron chi connectivity index (χ1n) is 18.8. The first-order chi connectivity index (χ1) is 26.6. The van der Waals surface area contributed by atoms with Gasteiger partial charge in [-0.15, -0.1) is 0 Å². The van der Waals surface area contributed by atoms with Crippen LogP contribution in [0, 0.1) is 0 Å². The van der Waals surface area contributed by atoms with Crippen molar-refractivity contribution in [1.82, 2.24) is 24.9 Å². The molecular weight excluding hydrogens is 687 g/mol. The van der Waals surface area contributed by atoms with Crippen molar-refractivity contribution >= 4 is 13.3 Å². The summed E-state index contributed by atoms with van der Waals surface area (Å²) in [6, 6.07) is 53.0. The predicted octanol–water partition coefficient (Wildman–Crippen LogP) is 11.5. The lowest BCUT2D eigenvalue weighted by Gasteiger charge is -2.26. The minimum atomic E-state index is -1.51. The van der Waals surface area contributed by atoms with Gasteiger partial charge in [-0.25, -0.2) is 24.9 Å². The first-order valence-corrected chi connectivity index (χ1v) is 22.3. The Morgan fingerprint density at radius 2 is 1.00 bits per heavy atom. The van der Waals surface area contributed by atoms with Gasteiger partial charge >= 0.3 is 0 Å². The second-order valence-corrected chi connectivity index (χ2v) is 20.9. The molecule has 6 heteroatoms. The van der Waals surface area contributed by atoms with Crippen molar-refractivity contribution in [3.63, 3.8) is 0 Å². The highest BCUT2D eigenvalue weighted by molar-refractivity contribution is 6.88. The Morgan fingerprint density at radius 1 is 0.418 bits per heavy atom. The van der Waals surface area contributed by atoms with E-state index in [0.29, 0.717) is 29.0 Å². The minimum Gasteiger partial charge on any atom is -0.237 e. The molecule has 2 heterocycles. The van der Waals surface area contributed by atoms with Crippen molar-refractivity contribution < 1.29 is 0 Å². The maximum atomic E-state index is 5.22. The van der Waals surface area contributed by atoms with Crippen LogP contribution in [-0.4, -0.2) is 33.0 Å². The highest BCUT2D eigenvalue weighted by Gasteiger charge is 2.39. The molecule has 0 bridgehead atoms. The zero-order valence-electron chi connectivity index (χ0n) is 31.7. The largest absolute Gasteiger partial charge is 0.237 e. The normalized spacial score (nSPS) is 13.0. The van der Waals surface area contributed by atoms with Gasteiger partial charge in [-0.05, 0) is 50.6 Å². The van der Waals surface area contributed by atoms with Crippen molar-refractivity contribution in [1.29, 1.82) is 0 Å². The van der Waals surface area contributed by atoms with Crippen LogP contribution in [0.25, 0.3) is 79.1 Å². The topological polar surface area (TPSA) is 64.5 Å². The van der Waals surface area contributed by atoms with E-state index >= 15 is 0 Å². The molecule has 55 heavy (non-hydrogen) atoms. The fourth-order valence-electron chi connectivity index (χ4n) is 7.88. The summed E-state index contributed by atoms with van der Waals surface area (Å²) in [6.07, 6.45) is 1.82. The average Bonchev–Trinajstić information content (AvgIpc) is 3.46. The zero-order chi connectivity index (χ0) is 37.7. The number of fused-ring (bicyclic) bond motifs is 3.